The molecule has 0 heterocycles. The molecule has 0 bridgehead atoms. The average Bonchev–Trinajstić information content (AvgIpc) is 2.36. The molecule has 0 aromatic rings. The normalized spacial score (nSPS) is 20.3. The van der Waals surface area contributed by atoms with E-state index in [4.69, 9.17) is 0 Å². The van der Waals surface area contributed by atoms with Crippen LogP contribution in [0.3, 0.4) is 0 Å². The maximum absolute atomic E-state index is 3.86. The minimum absolute atomic E-state index is 0.313. The third-order valence-corrected chi connectivity index (χ3v) is 4.35. The second kappa shape index (κ2) is 8.49. The summed E-state index contributed by atoms with van der Waals surface area (Å²) in [6.45, 7) is 15.1. The molecule has 1 heteroatoms. The fraction of sp³-hybridized carbons (Fsp3) is 0.429. The van der Waals surface area contributed by atoms with Crippen molar-refractivity contribution in [3.63, 3.8) is 0 Å². The predicted octanol–water partition coefficient (Wildman–Crippen LogP) is 6.91. The summed E-state index contributed by atoms with van der Waals surface area (Å²) in [6, 6.07) is 0. The fourth-order valence-electron chi connectivity index (χ4n) is 2.97. The first-order chi connectivity index (χ1) is 10.2. The van der Waals surface area contributed by atoms with Crippen molar-refractivity contribution in [3.8, 4) is 0 Å². The first-order valence-electron chi connectivity index (χ1n) is 8.08. The lowest BCUT2D eigenvalue weighted by atomic mass is 9.72. The van der Waals surface area contributed by atoms with Gasteiger partial charge < -0.3 is 0 Å². The first kappa shape index (κ1) is 18.9. The molecule has 1 aliphatic rings. The molecule has 0 saturated carbocycles. The van der Waals surface area contributed by atoms with Crippen molar-refractivity contribution in [2.45, 2.75) is 53.9 Å². The van der Waals surface area contributed by atoms with Gasteiger partial charge in [-0.1, -0.05) is 73.6 Å². The van der Waals surface area contributed by atoms with Gasteiger partial charge in [0, 0.05) is 0 Å². The number of hydrogen-bond donors (Lipinski definition) is 0. The summed E-state index contributed by atoms with van der Waals surface area (Å²) in [4.78, 5) is 0. The van der Waals surface area contributed by atoms with Crippen LogP contribution in [0.4, 0.5) is 0 Å². The summed E-state index contributed by atoms with van der Waals surface area (Å²) in [5.41, 5.74) is 5.86. The Morgan fingerprint density at radius 3 is 2.45 bits per heavy atom. The monoisotopic (exact) mass is 314 g/mol. The van der Waals surface area contributed by atoms with Gasteiger partial charge in [0.1, 0.15) is 0 Å². The number of allylic oxidation sites excluding steroid dienone is 11. The van der Waals surface area contributed by atoms with Crippen LogP contribution in [0, 0.1) is 5.41 Å². The highest BCUT2D eigenvalue weighted by Crippen LogP contribution is 2.40. The molecule has 1 aliphatic carbocycles. The zero-order chi connectivity index (χ0) is 16.8. The van der Waals surface area contributed by atoms with Gasteiger partial charge in [-0.15, -0.1) is 9.24 Å². The Kier molecular flexibility index (Phi) is 7.30. The molecule has 0 fully saturated rings. The lowest BCUT2D eigenvalue weighted by Gasteiger charge is -2.32. The summed E-state index contributed by atoms with van der Waals surface area (Å²) in [7, 11) is 2.61. The number of rotatable bonds is 5. The average molecular weight is 314 g/mol. The van der Waals surface area contributed by atoms with E-state index >= 15 is 0 Å². The molecule has 1 rings (SSSR count). The highest BCUT2D eigenvalue weighted by molar-refractivity contribution is 7.22. The smallest absolute Gasteiger partial charge is 0.0104 e. The first-order valence-corrected chi connectivity index (χ1v) is 8.66. The summed E-state index contributed by atoms with van der Waals surface area (Å²) in [5.74, 6) is 0. The molecular weight excluding hydrogens is 283 g/mol. The van der Waals surface area contributed by atoms with E-state index in [1.165, 1.54) is 36.0 Å². The largest absolute Gasteiger partial charge is 0.106 e. The third kappa shape index (κ3) is 6.32. The van der Waals surface area contributed by atoms with Gasteiger partial charge in [-0.2, -0.15) is 0 Å². The minimum Gasteiger partial charge on any atom is -0.106 e. The molecule has 0 spiro atoms. The van der Waals surface area contributed by atoms with E-state index in [0.717, 1.165) is 5.31 Å². The van der Waals surface area contributed by atoms with Crippen molar-refractivity contribution in [1.82, 2.24) is 0 Å². The van der Waals surface area contributed by atoms with Gasteiger partial charge in [0.05, 0.1) is 0 Å². The van der Waals surface area contributed by atoms with Crippen LogP contribution in [0.5, 0.6) is 0 Å². The van der Waals surface area contributed by atoms with Crippen molar-refractivity contribution in [2.75, 3.05) is 0 Å². The van der Waals surface area contributed by atoms with Gasteiger partial charge in [-0.3, -0.25) is 0 Å². The molecule has 0 nitrogen and oxygen atoms in total. The molecule has 22 heavy (non-hydrogen) atoms. The van der Waals surface area contributed by atoms with Crippen molar-refractivity contribution >= 4 is 9.24 Å². The van der Waals surface area contributed by atoms with Gasteiger partial charge in [-0.05, 0) is 56.3 Å². The fourth-order valence-corrected chi connectivity index (χ4v) is 3.24. The predicted molar refractivity (Wildman–Crippen MR) is 105 cm³/mol. The summed E-state index contributed by atoms with van der Waals surface area (Å²) in [5, 5.41) is 1.00. The van der Waals surface area contributed by atoms with Crippen LogP contribution in [0.1, 0.15) is 53.9 Å². The molecule has 1 atom stereocenters. The van der Waals surface area contributed by atoms with Gasteiger partial charge in [0.15, 0.2) is 0 Å². The van der Waals surface area contributed by atoms with Crippen LogP contribution in [0.2, 0.25) is 0 Å². The van der Waals surface area contributed by atoms with E-state index in [-0.39, 0.29) is 0 Å². The van der Waals surface area contributed by atoms with E-state index < -0.39 is 0 Å². The van der Waals surface area contributed by atoms with Crippen molar-refractivity contribution in [1.29, 1.82) is 0 Å². The molecule has 0 amide bonds. The van der Waals surface area contributed by atoms with Crippen LogP contribution in [-0.4, -0.2) is 0 Å². The maximum atomic E-state index is 3.86. The van der Waals surface area contributed by atoms with Gasteiger partial charge in [-0.25, -0.2) is 0 Å². The lowest BCUT2D eigenvalue weighted by Crippen LogP contribution is -2.19. The second-order valence-electron chi connectivity index (χ2n) is 7.00. The molecule has 0 aromatic carbocycles. The van der Waals surface area contributed by atoms with Gasteiger partial charge in [0.2, 0.25) is 0 Å². The summed E-state index contributed by atoms with van der Waals surface area (Å²) >= 11 is 0. The molecule has 1 unspecified atom stereocenters. The Morgan fingerprint density at radius 1 is 1.18 bits per heavy atom. The third-order valence-electron chi connectivity index (χ3n) is 4.19. The Balaban J connectivity index is 2.79. The molecule has 0 aromatic heterocycles. The van der Waals surface area contributed by atoms with Crippen molar-refractivity contribution < 1.29 is 0 Å². The lowest BCUT2D eigenvalue weighted by molar-refractivity contribution is 0.377. The van der Waals surface area contributed by atoms with E-state index in [1.807, 2.05) is 0 Å². The van der Waals surface area contributed by atoms with Crippen molar-refractivity contribution in [2.24, 2.45) is 5.41 Å². The van der Waals surface area contributed by atoms with Crippen LogP contribution in [-0.2, 0) is 0 Å². The van der Waals surface area contributed by atoms with Crippen LogP contribution in [0.25, 0.3) is 0 Å². The Labute approximate surface area is 139 Å². The second-order valence-corrected chi connectivity index (χ2v) is 7.74. The maximum Gasteiger partial charge on any atom is -0.0104 e. The topological polar surface area (TPSA) is 0 Å². The Bertz CT molecular complexity index is 563. The zero-order valence-corrected chi connectivity index (χ0v) is 16.0. The Morgan fingerprint density at radius 2 is 1.86 bits per heavy atom. The van der Waals surface area contributed by atoms with E-state index in [2.05, 4.69) is 86.9 Å². The highest BCUT2D eigenvalue weighted by Gasteiger charge is 2.26. The van der Waals surface area contributed by atoms with Crippen LogP contribution < -0.4 is 0 Å². The number of hydrogen-bond acceptors (Lipinski definition) is 0. The Hall–Kier alpha value is -1.13. The quantitative estimate of drug-likeness (QED) is 0.382. The van der Waals surface area contributed by atoms with E-state index in [0.29, 0.717) is 5.41 Å². The molecular formula is C21H31P. The van der Waals surface area contributed by atoms with Crippen LogP contribution in [0.15, 0.2) is 70.6 Å². The molecule has 0 N–H and O–H groups in total. The molecule has 0 aliphatic heterocycles. The van der Waals surface area contributed by atoms with E-state index in [9.17, 15) is 0 Å². The minimum atomic E-state index is 0.313. The van der Waals surface area contributed by atoms with Gasteiger partial charge >= 0.3 is 0 Å². The standard InChI is InChI=1S/C21H31P/c1-16(9-7-10-17(2)15-19(4)22)12-13-20-18(3)11-8-14-21(20,5)6/h7,9-10,12-13,15H,4,8,11,14,22H2,1-3,5-6H3/b10-7+,13-12+,16-9+,17-15+. The molecule has 120 valence electrons. The van der Waals surface area contributed by atoms with Crippen molar-refractivity contribution in [3.05, 3.63) is 70.6 Å². The molecule has 0 saturated heterocycles. The SMILES string of the molecule is C=C(P)/C=C(C)/C=C/C=C(C)/C=C/C1=C(C)CCCC1(C)C. The molecule has 0 radical (unpaired) electrons. The zero-order valence-electron chi connectivity index (χ0n) is 14.9. The highest BCUT2D eigenvalue weighted by atomic mass is 31.0. The van der Waals surface area contributed by atoms with Crippen LogP contribution >= 0.6 is 9.24 Å². The van der Waals surface area contributed by atoms with E-state index in [1.54, 1.807) is 5.57 Å². The summed E-state index contributed by atoms with van der Waals surface area (Å²) < 4.78 is 0. The summed E-state index contributed by atoms with van der Waals surface area (Å²) in [6.07, 6.45) is 16.8. The van der Waals surface area contributed by atoms with Gasteiger partial charge in [0.25, 0.3) is 0 Å².